The first kappa shape index (κ1) is 25.5. The summed E-state index contributed by atoms with van der Waals surface area (Å²) < 4.78 is 5.31. The molecular weight excluding hydrogens is 514 g/mol. The Hall–Kier alpha value is -4.79. The van der Waals surface area contributed by atoms with E-state index >= 15 is 0 Å². The summed E-state index contributed by atoms with van der Waals surface area (Å²) in [6.45, 7) is 1.58. The van der Waals surface area contributed by atoms with Crippen LogP contribution in [0.15, 0.2) is 76.9 Å². The Morgan fingerprint density at radius 2 is 1.80 bits per heavy atom. The highest BCUT2D eigenvalue weighted by molar-refractivity contribution is 6.25. The molecule has 4 aliphatic rings. The maximum absolute atomic E-state index is 13.9. The molecule has 9 nitrogen and oxygen atoms in total. The van der Waals surface area contributed by atoms with Crippen molar-refractivity contribution >= 4 is 35.0 Å². The average Bonchev–Trinajstić information content (AvgIpc) is 3.20. The molecule has 1 aliphatic heterocycles. The van der Waals surface area contributed by atoms with Gasteiger partial charge in [-0.1, -0.05) is 23.8 Å². The Kier molecular flexibility index (Phi) is 5.83. The van der Waals surface area contributed by atoms with Crippen molar-refractivity contribution in [3.05, 3.63) is 88.0 Å². The highest BCUT2D eigenvalue weighted by Gasteiger charge is 2.56. The molecule has 1 fully saturated rings. The second-order valence-electron chi connectivity index (χ2n) is 10.5. The van der Waals surface area contributed by atoms with Crippen LogP contribution in [-0.2, 0) is 19.2 Å². The van der Waals surface area contributed by atoms with Crippen LogP contribution in [0.4, 0.5) is 5.69 Å². The number of benzene rings is 2. The topological polar surface area (TPSA) is 138 Å². The third-order valence-electron chi connectivity index (χ3n) is 8.45. The maximum atomic E-state index is 13.9. The number of aromatic hydroxyl groups is 1. The SMILES string of the molecule is COc1cc([C@H]2C3=CC[C@@H]4C(=O)N(c5cccc(C(=O)O)c5)C(=O)[C@@H]4[C@@H]3CC3=C2C(=O)C=C(C)C3=O)ccc1O. The molecule has 0 spiro atoms. The van der Waals surface area contributed by atoms with Gasteiger partial charge in [-0.3, -0.25) is 24.1 Å². The van der Waals surface area contributed by atoms with Crippen molar-refractivity contribution in [2.75, 3.05) is 12.0 Å². The maximum Gasteiger partial charge on any atom is 0.335 e. The van der Waals surface area contributed by atoms with Gasteiger partial charge in [0.15, 0.2) is 23.1 Å². The smallest absolute Gasteiger partial charge is 0.335 e. The van der Waals surface area contributed by atoms with Crippen LogP contribution in [0.2, 0.25) is 0 Å². The lowest BCUT2D eigenvalue weighted by Crippen LogP contribution is -2.39. The lowest BCUT2D eigenvalue weighted by atomic mass is 9.59. The quantitative estimate of drug-likeness (QED) is 0.341. The van der Waals surface area contributed by atoms with Crippen molar-refractivity contribution in [3.8, 4) is 11.5 Å². The Morgan fingerprint density at radius 3 is 2.52 bits per heavy atom. The number of carboxylic acids is 1. The zero-order valence-electron chi connectivity index (χ0n) is 21.7. The van der Waals surface area contributed by atoms with Crippen molar-refractivity contribution in [3.63, 3.8) is 0 Å². The number of carboxylic acid groups (broad SMARTS) is 1. The number of carbonyl (C=O) groups is 5. The van der Waals surface area contributed by atoms with Gasteiger partial charge in [0.1, 0.15) is 0 Å². The number of rotatable bonds is 4. The summed E-state index contributed by atoms with van der Waals surface area (Å²) >= 11 is 0. The fourth-order valence-electron chi connectivity index (χ4n) is 6.67. The van der Waals surface area contributed by atoms with Crippen LogP contribution in [-0.4, -0.2) is 46.7 Å². The summed E-state index contributed by atoms with van der Waals surface area (Å²) in [5, 5.41) is 19.6. The number of anilines is 1. The van der Waals surface area contributed by atoms with Gasteiger partial charge in [-0.05, 0) is 67.7 Å². The summed E-state index contributed by atoms with van der Waals surface area (Å²) in [6, 6.07) is 10.4. The number of allylic oxidation sites excluding steroid dienone is 6. The monoisotopic (exact) mass is 539 g/mol. The van der Waals surface area contributed by atoms with Gasteiger partial charge in [-0.15, -0.1) is 0 Å². The first-order valence-corrected chi connectivity index (χ1v) is 12.9. The fraction of sp³-hybridized carbons (Fsp3) is 0.258. The number of Topliss-reactive ketones (excluding diaryl/α,β-unsaturated/α-hetero) is 1. The zero-order valence-corrected chi connectivity index (χ0v) is 21.7. The molecule has 0 unspecified atom stereocenters. The van der Waals surface area contributed by atoms with Crippen molar-refractivity contribution in [1.82, 2.24) is 0 Å². The number of ether oxygens (including phenoxy) is 1. The highest BCUT2D eigenvalue weighted by Crippen LogP contribution is 2.55. The normalized spacial score (nSPS) is 25.7. The number of ketones is 2. The van der Waals surface area contributed by atoms with E-state index in [-0.39, 0.29) is 47.2 Å². The standard InChI is InChI=1S/C31H25NO8/c1-14-10-23(34)27-21(28(14)35)13-20-18(25(27)15-6-9-22(33)24(12-15)40-2)7-8-19-26(20)30(37)32(29(19)36)17-5-3-4-16(11-17)31(38)39/h3-7,9-12,19-20,25-26,33H,8,13H2,1-2H3,(H,38,39)/t19-,20+,25-,26-/m0/s1. The minimum Gasteiger partial charge on any atom is -0.504 e. The van der Waals surface area contributed by atoms with Gasteiger partial charge in [-0.25, -0.2) is 4.79 Å². The number of phenols is 1. The lowest BCUT2D eigenvalue weighted by molar-refractivity contribution is -0.123. The van der Waals surface area contributed by atoms with Crippen LogP contribution < -0.4 is 9.64 Å². The molecule has 0 radical (unpaired) electrons. The number of hydrogen-bond acceptors (Lipinski definition) is 7. The number of carbonyl (C=O) groups excluding carboxylic acids is 4. The van der Waals surface area contributed by atoms with Crippen LogP contribution >= 0.6 is 0 Å². The molecule has 0 aromatic heterocycles. The van der Waals surface area contributed by atoms with Gasteiger partial charge in [0.25, 0.3) is 0 Å². The van der Waals surface area contributed by atoms with Crippen molar-refractivity contribution in [2.45, 2.75) is 25.7 Å². The summed E-state index contributed by atoms with van der Waals surface area (Å²) in [4.78, 5) is 66.8. The van der Waals surface area contributed by atoms with Gasteiger partial charge in [0.05, 0.1) is 30.2 Å². The van der Waals surface area contributed by atoms with Crippen molar-refractivity contribution in [2.24, 2.45) is 17.8 Å². The van der Waals surface area contributed by atoms with E-state index in [1.807, 2.05) is 6.08 Å². The molecule has 202 valence electrons. The molecule has 40 heavy (non-hydrogen) atoms. The molecule has 3 aliphatic carbocycles. The summed E-state index contributed by atoms with van der Waals surface area (Å²) in [6.07, 6.45) is 3.61. The minimum absolute atomic E-state index is 0.0471. The fourth-order valence-corrected chi connectivity index (χ4v) is 6.67. The molecule has 1 saturated heterocycles. The van der Waals surface area contributed by atoms with Crippen molar-refractivity contribution < 1.29 is 38.9 Å². The molecule has 2 aromatic rings. The Bertz CT molecular complexity index is 1640. The Balaban J connectivity index is 1.48. The summed E-state index contributed by atoms with van der Waals surface area (Å²) in [7, 11) is 1.41. The van der Waals surface area contributed by atoms with Crippen LogP contribution in [0.1, 0.15) is 41.6 Å². The van der Waals surface area contributed by atoms with E-state index in [1.165, 1.54) is 43.5 Å². The molecule has 9 heteroatoms. The second kappa shape index (κ2) is 9.15. The zero-order chi connectivity index (χ0) is 28.5. The predicted molar refractivity (Wildman–Crippen MR) is 142 cm³/mol. The average molecular weight is 540 g/mol. The molecule has 0 bridgehead atoms. The molecule has 6 rings (SSSR count). The predicted octanol–water partition coefficient (Wildman–Crippen LogP) is 3.73. The van der Waals surface area contributed by atoms with Gasteiger partial charge >= 0.3 is 5.97 Å². The number of hydrogen-bond donors (Lipinski definition) is 2. The van der Waals surface area contributed by atoms with Crippen LogP contribution in [0.25, 0.3) is 0 Å². The summed E-state index contributed by atoms with van der Waals surface area (Å²) in [5.74, 6) is -5.16. The third-order valence-corrected chi connectivity index (χ3v) is 8.45. The van der Waals surface area contributed by atoms with E-state index in [0.717, 1.165) is 10.5 Å². The van der Waals surface area contributed by atoms with Crippen LogP contribution in [0.3, 0.4) is 0 Å². The van der Waals surface area contributed by atoms with Crippen LogP contribution in [0, 0.1) is 17.8 Å². The first-order valence-electron chi connectivity index (χ1n) is 12.9. The molecule has 2 amide bonds. The number of nitrogens with zero attached hydrogens (tertiary/aromatic N) is 1. The number of phenolic OH excluding ortho intramolecular Hbond substituents is 1. The van der Waals surface area contributed by atoms with Gasteiger partial charge < -0.3 is 14.9 Å². The second-order valence-corrected chi connectivity index (χ2v) is 10.5. The summed E-state index contributed by atoms with van der Waals surface area (Å²) in [5.41, 5.74) is 2.51. The number of aromatic carboxylic acids is 1. The molecular formula is C31H25NO8. The number of fused-ring (bicyclic) bond motifs is 3. The minimum atomic E-state index is -1.18. The van der Waals surface area contributed by atoms with E-state index in [9.17, 15) is 34.2 Å². The van der Waals surface area contributed by atoms with E-state index in [4.69, 9.17) is 4.74 Å². The molecule has 4 atom stereocenters. The number of methoxy groups -OCH3 is 1. The van der Waals surface area contributed by atoms with Crippen LogP contribution in [0.5, 0.6) is 11.5 Å². The molecule has 2 N–H and O–H groups in total. The highest BCUT2D eigenvalue weighted by atomic mass is 16.5. The third kappa shape index (κ3) is 3.65. The van der Waals surface area contributed by atoms with Gasteiger partial charge in [0, 0.05) is 22.6 Å². The molecule has 0 saturated carbocycles. The van der Waals surface area contributed by atoms with E-state index in [1.54, 1.807) is 19.1 Å². The first-order chi connectivity index (χ1) is 19.1. The van der Waals surface area contributed by atoms with Gasteiger partial charge in [-0.2, -0.15) is 0 Å². The van der Waals surface area contributed by atoms with E-state index < -0.39 is 41.5 Å². The van der Waals surface area contributed by atoms with Crippen molar-refractivity contribution in [1.29, 1.82) is 0 Å². The Morgan fingerprint density at radius 1 is 1.02 bits per heavy atom. The van der Waals surface area contributed by atoms with Gasteiger partial charge in [0.2, 0.25) is 11.8 Å². The molecule has 1 heterocycles. The molecule has 2 aromatic carbocycles. The number of amides is 2. The van der Waals surface area contributed by atoms with E-state index in [0.29, 0.717) is 22.3 Å². The van der Waals surface area contributed by atoms with E-state index in [2.05, 4.69) is 0 Å². The Labute approximate surface area is 229 Å². The largest absolute Gasteiger partial charge is 0.504 e. The lowest BCUT2D eigenvalue weighted by Gasteiger charge is -2.42. The number of imide groups is 1.